The number of aryl methyl sites for hydroxylation is 1. The molecule has 1 aromatic carbocycles. The van der Waals surface area contributed by atoms with E-state index in [1.165, 1.54) is 18.4 Å². The van der Waals surface area contributed by atoms with Gasteiger partial charge in [0.2, 0.25) is 5.95 Å². The lowest BCUT2D eigenvalue weighted by Gasteiger charge is -2.06. The second-order valence-corrected chi connectivity index (χ2v) is 7.03. The Kier molecular flexibility index (Phi) is 3.69. The lowest BCUT2D eigenvalue weighted by molar-refractivity contribution is 0.594. The van der Waals surface area contributed by atoms with Crippen molar-refractivity contribution in [3.8, 4) is 0 Å². The van der Waals surface area contributed by atoms with Crippen LogP contribution >= 0.6 is 11.6 Å². The highest BCUT2D eigenvalue weighted by atomic mass is 35.5. The molecule has 1 heterocycles. The number of nitrogen functional groups attached to an aromatic ring is 1. The van der Waals surface area contributed by atoms with Gasteiger partial charge in [-0.3, -0.25) is 0 Å². The third kappa shape index (κ3) is 3.16. The van der Waals surface area contributed by atoms with E-state index in [1.807, 2.05) is 0 Å². The minimum absolute atomic E-state index is 0.0169. The van der Waals surface area contributed by atoms with Crippen molar-refractivity contribution in [3.05, 3.63) is 23.0 Å². The van der Waals surface area contributed by atoms with Crippen molar-refractivity contribution < 1.29 is 12.8 Å². The summed E-state index contributed by atoms with van der Waals surface area (Å²) >= 11 is 5.72. The summed E-state index contributed by atoms with van der Waals surface area (Å²) in [6.07, 6.45) is 1.58. The molecule has 0 radical (unpaired) electrons. The first-order valence-electron chi connectivity index (χ1n) is 5.56. The highest BCUT2D eigenvalue weighted by molar-refractivity contribution is 7.90. The molecule has 0 aliphatic rings. The van der Waals surface area contributed by atoms with Gasteiger partial charge < -0.3 is 10.3 Å². The van der Waals surface area contributed by atoms with Crippen LogP contribution in [0, 0.1) is 5.82 Å². The summed E-state index contributed by atoms with van der Waals surface area (Å²) in [5.74, 6) is -0.291. The zero-order valence-corrected chi connectivity index (χ0v) is 11.8. The molecule has 0 unspecified atom stereocenters. The Morgan fingerprint density at radius 3 is 2.79 bits per heavy atom. The lowest BCUT2D eigenvalue weighted by Crippen LogP contribution is -2.09. The highest BCUT2D eigenvalue weighted by Crippen LogP contribution is 2.25. The third-order valence-electron chi connectivity index (χ3n) is 2.72. The Labute approximate surface area is 115 Å². The minimum Gasteiger partial charge on any atom is -0.369 e. The molecule has 0 saturated carbocycles. The SMILES string of the molecule is CS(=O)(=O)CCCn1c(N)nc2cc(F)c(Cl)cc21. The fourth-order valence-corrected chi connectivity index (χ4v) is 2.67. The molecule has 19 heavy (non-hydrogen) atoms. The van der Waals surface area contributed by atoms with E-state index in [0.29, 0.717) is 24.0 Å². The number of hydrogen-bond donors (Lipinski definition) is 1. The second-order valence-electron chi connectivity index (χ2n) is 4.36. The van der Waals surface area contributed by atoms with Crippen molar-refractivity contribution in [1.29, 1.82) is 0 Å². The number of fused-ring (bicyclic) bond motifs is 1. The maximum Gasteiger partial charge on any atom is 0.201 e. The van der Waals surface area contributed by atoms with E-state index in [9.17, 15) is 12.8 Å². The summed E-state index contributed by atoms with van der Waals surface area (Å²) in [4.78, 5) is 4.02. The molecule has 2 N–H and O–H groups in total. The first-order valence-corrected chi connectivity index (χ1v) is 8.00. The van der Waals surface area contributed by atoms with Gasteiger partial charge in [0, 0.05) is 18.9 Å². The Morgan fingerprint density at radius 1 is 1.47 bits per heavy atom. The molecule has 0 saturated heterocycles. The van der Waals surface area contributed by atoms with E-state index in [2.05, 4.69) is 4.98 Å². The molecule has 104 valence electrons. The second kappa shape index (κ2) is 4.97. The molecular weight excluding hydrogens is 293 g/mol. The van der Waals surface area contributed by atoms with Crippen LogP contribution in [0.1, 0.15) is 6.42 Å². The van der Waals surface area contributed by atoms with Gasteiger partial charge in [0.25, 0.3) is 0 Å². The summed E-state index contributed by atoms with van der Waals surface area (Å²) in [7, 11) is -3.02. The number of halogens is 2. The lowest BCUT2D eigenvalue weighted by atomic mass is 10.3. The van der Waals surface area contributed by atoms with Crippen LogP contribution in [-0.4, -0.2) is 30.0 Å². The summed E-state index contributed by atoms with van der Waals surface area (Å²) in [5.41, 5.74) is 6.74. The van der Waals surface area contributed by atoms with E-state index in [-0.39, 0.29) is 16.7 Å². The minimum atomic E-state index is -3.02. The molecule has 0 atom stereocenters. The molecule has 0 bridgehead atoms. The van der Waals surface area contributed by atoms with Crippen LogP contribution in [0.4, 0.5) is 10.3 Å². The zero-order chi connectivity index (χ0) is 14.2. The normalized spacial score (nSPS) is 12.2. The third-order valence-corrected chi connectivity index (χ3v) is 4.04. The van der Waals surface area contributed by atoms with Gasteiger partial charge >= 0.3 is 0 Å². The molecule has 1 aromatic heterocycles. The number of aromatic nitrogens is 2. The molecule has 0 spiro atoms. The van der Waals surface area contributed by atoms with Crippen molar-refractivity contribution >= 4 is 38.4 Å². The predicted octanol–water partition coefficient (Wildman–Crippen LogP) is 1.85. The topological polar surface area (TPSA) is 78.0 Å². The Morgan fingerprint density at radius 2 is 2.16 bits per heavy atom. The van der Waals surface area contributed by atoms with Crippen LogP contribution in [0.25, 0.3) is 11.0 Å². The molecule has 5 nitrogen and oxygen atoms in total. The summed E-state index contributed by atoms with van der Waals surface area (Å²) in [6.45, 7) is 0.386. The van der Waals surface area contributed by atoms with Gasteiger partial charge in [-0.15, -0.1) is 0 Å². The number of nitrogens with two attached hydrogens (primary N) is 1. The van der Waals surface area contributed by atoms with Gasteiger partial charge in [0.05, 0.1) is 21.8 Å². The van der Waals surface area contributed by atoms with Gasteiger partial charge in [0.1, 0.15) is 15.7 Å². The zero-order valence-electron chi connectivity index (χ0n) is 10.2. The smallest absolute Gasteiger partial charge is 0.201 e. The average Bonchev–Trinajstić information content (AvgIpc) is 2.55. The molecule has 8 heteroatoms. The highest BCUT2D eigenvalue weighted by Gasteiger charge is 2.12. The first-order chi connectivity index (χ1) is 8.78. The van der Waals surface area contributed by atoms with Crippen LogP contribution in [-0.2, 0) is 16.4 Å². The summed E-state index contributed by atoms with van der Waals surface area (Å²) in [5, 5.41) is -0.0169. The summed E-state index contributed by atoms with van der Waals surface area (Å²) < 4.78 is 37.1. The number of benzene rings is 1. The number of nitrogens with zero attached hydrogens (tertiary/aromatic N) is 2. The molecule has 2 rings (SSSR count). The quantitative estimate of drug-likeness (QED) is 0.935. The fourth-order valence-electron chi connectivity index (χ4n) is 1.86. The van der Waals surface area contributed by atoms with Crippen LogP contribution < -0.4 is 5.73 Å². The van der Waals surface area contributed by atoms with Crippen molar-refractivity contribution in [2.45, 2.75) is 13.0 Å². The maximum absolute atomic E-state index is 13.3. The molecule has 2 aromatic rings. The van der Waals surface area contributed by atoms with Crippen molar-refractivity contribution in [3.63, 3.8) is 0 Å². The average molecular weight is 306 g/mol. The van der Waals surface area contributed by atoms with Crippen LogP contribution in [0.2, 0.25) is 5.02 Å². The van der Waals surface area contributed by atoms with E-state index >= 15 is 0 Å². The molecular formula is C11H13ClFN3O2S. The Balaban J connectivity index is 2.32. The van der Waals surface area contributed by atoms with E-state index < -0.39 is 15.7 Å². The Hall–Kier alpha value is -1.34. The fraction of sp³-hybridized carbons (Fsp3) is 0.364. The van der Waals surface area contributed by atoms with Gasteiger partial charge in [-0.25, -0.2) is 17.8 Å². The van der Waals surface area contributed by atoms with Crippen molar-refractivity contribution in [1.82, 2.24) is 9.55 Å². The van der Waals surface area contributed by atoms with Crippen LogP contribution in [0.5, 0.6) is 0 Å². The number of imidazole rings is 1. The van der Waals surface area contributed by atoms with E-state index in [1.54, 1.807) is 4.57 Å². The number of sulfone groups is 1. The number of anilines is 1. The Bertz CT molecular complexity index is 727. The molecule has 0 fully saturated rings. The van der Waals surface area contributed by atoms with Crippen LogP contribution in [0.3, 0.4) is 0 Å². The molecule has 0 amide bonds. The standard InChI is InChI=1S/C11H13ClFN3O2S/c1-19(17,18)4-2-3-16-10-5-7(12)8(13)6-9(10)15-11(16)14/h5-6H,2-4H2,1H3,(H2,14,15). The summed E-state index contributed by atoms with van der Waals surface area (Å²) in [6, 6.07) is 2.65. The van der Waals surface area contributed by atoms with Gasteiger partial charge in [0.15, 0.2) is 0 Å². The van der Waals surface area contributed by atoms with E-state index in [4.69, 9.17) is 17.3 Å². The maximum atomic E-state index is 13.3. The first kappa shape index (κ1) is 14.1. The van der Waals surface area contributed by atoms with Gasteiger partial charge in [-0.05, 0) is 12.5 Å². The van der Waals surface area contributed by atoms with E-state index in [0.717, 1.165) is 0 Å². The predicted molar refractivity (Wildman–Crippen MR) is 73.4 cm³/mol. The monoisotopic (exact) mass is 305 g/mol. The number of hydrogen-bond acceptors (Lipinski definition) is 4. The number of rotatable bonds is 4. The van der Waals surface area contributed by atoms with Gasteiger partial charge in [-0.1, -0.05) is 11.6 Å². The molecule has 0 aliphatic carbocycles. The largest absolute Gasteiger partial charge is 0.369 e. The van der Waals surface area contributed by atoms with Gasteiger partial charge in [-0.2, -0.15) is 0 Å². The van der Waals surface area contributed by atoms with Crippen molar-refractivity contribution in [2.24, 2.45) is 0 Å². The van der Waals surface area contributed by atoms with Crippen molar-refractivity contribution in [2.75, 3.05) is 17.7 Å². The molecule has 0 aliphatic heterocycles. The van der Waals surface area contributed by atoms with Crippen LogP contribution in [0.15, 0.2) is 12.1 Å².